The molecule has 1 atom stereocenters. The van der Waals surface area contributed by atoms with E-state index in [1.54, 1.807) is 0 Å². The van der Waals surface area contributed by atoms with E-state index in [2.05, 4.69) is 111 Å². The van der Waals surface area contributed by atoms with Crippen molar-refractivity contribution in [1.29, 1.82) is 0 Å². The van der Waals surface area contributed by atoms with Gasteiger partial charge in [0, 0.05) is 5.56 Å². The molecule has 0 N–H and O–H groups in total. The van der Waals surface area contributed by atoms with Crippen molar-refractivity contribution in [2.75, 3.05) is 6.61 Å². The maximum atomic E-state index is 6.15. The molecule has 0 amide bonds. The van der Waals surface area contributed by atoms with Gasteiger partial charge in [0.2, 0.25) is 5.90 Å². The van der Waals surface area contributed by atoms with Crippen LogP contribution in [0, 0.1) is 0 Å². The summed E-state index contributed by atoms with van der Waals surface area (Å²) in [6, 6.07) is 27.4. The molecule has 35 heavy (non-hydrogen) atoms. The summed E-state index contributed by atoms with van der Waals surface area (Å²) < 4.78 is 6.15. The normalized spacial score (nSPS) is 15.6. The first-order chi connectivity index (χ1) is 16.9. The van der Waals surface area contributed by atoms with Crippen LogP contribution in [-0.2, 0) is 22.1 Å². The molecular weight excluding hydrogens is 611 g/mol. The van der Waals surface area contributed by atoms with Gasteiger partial charge in [0.15, 0.2) is 0 Å². The third-order valence-electron chi connectivity index (χ3n) is 5.84. The molecule has 6 heteroatoms. The number of ether oxygens (including phenoxy) is 1. The standard InChI is InChI=1S/C29H32N2O.2BrH.Ni/c1-20(2)25-16-11-17-26(21(3)4)28(25)31-27(23-14-9-6-10-15-23)29-30-24(19-32-29)18-22-12-7-5-8-13-22;;;/h5-17,20-21,24H,18-19H2,1-4H3;2*1H;/q;;;+2/p-2/t24-;;;/m0.../s1. The van der Waals surface area contributed by atoms with Crippen molar-refractivity contribution in [3.05, 3.63) is 101 Å². The van der Waals surface area contributed by atoms with E-state index in [1.807, 2.05) is 24.3 Å². The molecule has 0 bridgehead atoms. The third-order valence-corrected chi connectivity index (χ3v) is 5.84. The van der Waals surface area contributed by atoms with Crippen molar-refractivity contribution in [2.24, 2.45) is 9.98 Å². The molecule has 4 rings (SSSR count). The molecule has 0 fully saturated rings. The molecule has 0 aliphatic carbocycles. The zero-order valence-corrected chi connectivity index (χ0v) is 24.7. The van der Waals surface area contributed by atoms with Gasteiger partial charge in [0.05, 0.1) is 11.7 Å². The number of halogens is 2. The van der Waals surface area contributed by atoms with Crippen LogP contribution in [0.4, 0.5) is 5.69 Å². The Labute approximate surface area is 229 Å². The Morgan fingerprint density at radius 3 is 1.97 bits per heavy atom. The topological polar surface area (TPSA) is 34.0 Å². The molecule has 0 aromatic heterocycles. The van der Waals surface area contributed by atoms with E-state index in [4.69, 9.17) is 14.7 Å². The van der Waals surface area contributed by atoms with Gasteiger partial charge in [-0.2, -0.15) is 0 Å². The summed E-state index contributed by atoms with van der Waals surface area (Å²) >= 11 is 6.00. The zero-order chi connectivity index (χ0) is 25.2. The first-order valence-corrected chi connectivity index (χ1v) is 16.7. The van der Waals surface area contributed by atoms with Crippen LogP contribution in [0.15, 0.2) is 88.8 Å². The molecule has 3 aromatic carbocycles. The summed E-state index contributed by atoms with van der Waals surface area (Å²) in [5, 5.41) is 0. The minimum atomic E-state index is 0.103. The molecule has 0 radical (unpaired) electrons. The summed E-state index contributed by atoms with van der Waals surface area (Å²) in [6.07, 6.45) is 0.867. The summed E-state index contributed by atoms with van der Waals surface area (Å²) in [5.41, 5.74) is 6.68. The van der Waals surface area contributed by atoms with Gasteiger partial charge in [-0.05, 0) is 34.9 Å². The molecule has 0 spiro atoms. The average molecular weight is 643 g/mol. The van der Waals surface area contributed by atoms with Gasteiger partial charge >= 0.3 is 39.3 Å². The van der Waals surface area contributed by atoms with E-state index in [0.29, 0.717) is 24.3 Å². The van der Waals surface area contributed by atoms with Crippen molar-refractivity contribution >= 4 is 45.7 Å². The number of hydrogen-bond acceptors (Lipinski definition) is 3. The van der Waals surface area contributed by atoms with Crippen molar-refractivity contribution in [1.82, 2.24) is 0 Å². The van der Waals surface area contributed by atoms with E-state index in [1.165, 1.54) is 27.6 Å². The molecule has 0 saturated heterocycles. The van der Waals surface area contributed by atoms with Gasteiger partial charge in [-0.1, -0.05) is 107 Å². The molecule has 0 saturated carbocycles. The van der Waals surface area contributed by atoms with E-state index < -0.39 is 0 Å². The molecule has 3 aromatic rings. The van der Waals surface area contributed by atoms with Crippen molar-refractivity contribution < 1.29 is 15.6 Å². The summed E-state index contributed by atoms with van der Waals surface area (Å²) in [5.74, 6) is 1.40. The van der Waals surface area contributed by atoms with Gasteiger partial charge < -0.3 is 4.74 Å². The van der Waals surface area contributed by atoms with Crippen LogP contribution in [0.1, 0.15) is 61.8 Å². The molecule has 188 valence electrons. The summed E-state index contributed by atoms with van der Waals surface area (Å²) in [7, 11) is 1.25. The fraction of sp³-hybridized carbons (Fsp3) is 0.310. The Hall–Kier alpha value is -1.75. The molecule has 1 heterocycles. The Kier molecular flexibility index (Phi) is 11.2. The van der Waals surface area contributed by atoms with E-state index >= 15 is 0 Å². The Balaban J connectivity index is 0.00000108. The number of para-hydroxylation sites is 1. The maximum absolute atomic E-state index is 6.15. The number of rotatable bonds is 7. The van der Waals surface area contributed by atoms with Crippen LogP contribution in [-0.4, -0.2) is 24.3 Å². The Morgan fingerprint density at radius 2 is 1.43 bits per heavy atom. The van der Waals surface area contributed by atoms with Gasteiger partial charge in [-0.3, -0.25) is 0 Å². The number of benzene rings is 3. The fourth-order valence-electron chi connectivity index (χ4n) is 4.12. The number of aliphatic imine (C=N–C) groups is 2. The predicted octanol–water partition coefficient (Wildman–Crippen LogP) is 8.78. The second-order valence-corrected chi connectivity index (χ2v) is 14.0. The first kappa shape index (κ1) is 27.8. The quantitative estimate of drug-likeness (QED) is 0.187. The van der Waals surface area contributed by atoms with E-state index in [0.717, 1.165) is 23.4 Å². The SMILES string of the molecule is CC(C)c1cccc(C(C)C)c1N=C(C1=N[C@@H](Cc2ccccc2)CO1)c1ccccc1.[Br][Ni][Br]. The number of hydrogen-bond donors (Lipinski definition) is 0. The number of nitrogens with zero attached hydrogens (tertiary/aromatic N) is 2. The van der Waals surface area contributed by atoms with Gasteiger partial charge in [0.25, 0.3) is 0 Å². The van der Waals surface area contributed by atoms with Crippen LogP contribution in [0.3, 0.4) is 0 Å². The van der Waals surface area contributed by atoms with Crippen LogP contribution < -0.4 is 0 Å². The van der Waals surface area contributed by atoms with E-state index in [9.17, 15) is 0 Å². The monoisotopic (exact) mass is 640 g/mol. The third kappa shape index (κ3) is 7.87. The van der Waals surface area contributed by atoms with Crippen LogP contribution in [0.2, 0.25) is 0 Å². The second-order valence-electron chi connectivity index (χ2n) is 9.05. The average Bonchev–Trinajstić information content (AvgIpc) is 3.32. The second kappa shape index (κ2) is 14.1. The predicted molar refractivity (Wildman–Crippen MR) is 152 cm³/mol. The van der Waals surface area contributed by atoms with Gasteiger partial charge in [-0.25, -0.2) is 9.98 Å². The Bertz CT molecular complexity index is 1110. The first-order valence-electron chi connectivity index (χ1n) is 11.8. The van der Waals surface area contributed by atoms with E-state index in [-0.39, 0.29) is 6.04 Å². The van der Waals surface area contributed by atoms with Crippen molar-refractivity contribution in [3.63, 3.8) is 0 Å². The Morgan fingerprint density at radius 1 is 0.886 bits per heavy atom. The fourth-order valence-corrected chi connectivity index (χ4v) is 4.12. The molecule has 1 aliphatic rings. The molecule has 3 nitrogen and oxygen atoms in total. The van der Waals surface area contributed by atoms with Crippen molar-refractivity contribution in [2.45, 2.75) is 52.0 Å². The van der Waals surface area contributed by atoms with Crippen LogP contribution in [0.5, 0.6) is 0 Å². The molecule has 1 aliphatic heterocycles. The van der Waals surface area contributed by atoms with Gasteiger partial charge in [-0.15, -0.1) is 0 Å². The van der Waals surface area contributed by atoms with Crippen LogP contribution >= 0.6 is 28.5 Å². The summed E-state index contributed by atoms with van der Waals surface area (Å²) in [4.78, 5) is 10.2. The zero-order valence-electron chi connectivity index (χ0n) is 20.5. The van der Waals surface area contributed by atoms with Crippen LogP contribution in [0.25, 0.3) is 0 Å². The molecule has 0 unspecified atom stereocenters. The summed E-state index contributed by atoms with van der Waals surface area (Å²) in [6.45, 7) is 9.47. The minimum absolute atomic E-state index is 0.103. The van der Waals surface area contributed by atoms with Gasteiger partial charge in [0.1, 0.15) is 12.3 Å². The van der Waals surface area contributed by atoms with Crippen molar-refractivity contribution in [3.8, 4) is 0 Å². The molecular formula is C29H32Br2N2NiO.